The zero-order valence-corrected chi connectivity index (χ0v) is 18.2. The van der Waals surface area contributed by atoms with E-state index in [1.54, 1.807) is 0 Å². The van der Waals surface area contributed by atoms with E-state index in [2.05, 4.69) is 0 Å². The van der Waals surface area contributed by atoms with Gasteiger partial charge in [-0.2, -0.15) is 5.10 Å². The molecule has 1 aliphatic rings. The van der Waals surface area contributed by atoms with Crippen molar-refractivity contribution in [1.29, 1.82) is 0 Å². The van der Waals surface area contributed by atoms with E-state index in [0.717, 1.165) is 41.1 Å². The van der Waals surface area contributed by atoms with Crippen molar-refractivity contribution in [3.63, 3.8) is 0 Å². The molecule has 3 aromatic rings. The molecule has 1 aliphatic carbocycles. The van der Waals surface area contributed by atoms with Gasteiger partial charge in [0.05, 0.1) is 29.8 Å². The first-order chi connectivity index (χ1) is 14.8. The van der Waals surface area contributed by atoms with Crippen LogP contribution < -0.4 is 4.74 Å². The highest BCUT2D eigenvalue weighted by atomic mass is 16.5. The molecule has 6 heteroatoms. The summed E-state index contributed by atoms with van der Waals surface area (Å²) in [6.07, 6.45) is 3.73. The molecule has 0 atom stereocenters. The van der Waals surface area contributed by atoms with Crippen LogP contribution in [0.15, 0.2) is 54.6 Å². The number of rotatable bonds is 8. The van der Waals surface area contributed by atoms with E-state index in [0.29, 0.717) is 11.8 Å². The Labute approximate surface area is 182 Å². The largest absolute Gasteiger partial charge is 0.490 e. The van der Waals surface area contributed by atoms with E-state index in [4.69, 9.17) is 14.6 Å². The molecule has 0 unspecified atom stereocenters. The van der Waals surface area contributed by atoms with Gasteiger partial charge >= 0.3 is 5.97 Å². The first-order valence-corrected chi connectivity index (χ1v) is 10.6. The molecule has 0 bridgehead atoms. The molecule has 6 nitrogen and oxygen atoms in total. The van der Waals surface area contributed by atoms with Gasteiger partial charge in [0.1, 0.15) is 5.75 Å². The topological polar surface area (TPSA) is 73.6 Å². The Bertz CT molecular complexity index is 1080. The SMILES string of the molecule is Cc1ccccc1-n1nc(COC(C)(C)C(=O)O)cc1-c1cccc(OC2CCC2)c1. The molecule has 0 aliphatic heterocycles. The van der Waals surface area contributed by atoms with Gasteiger partial charge in [-0.3, -0.25) is 0 Å². The zero-order chi connectivity index (χ0) is 22.0. The maximum absolute atomic E-state index is 11.4. The lowest BCUT2D eigenvalue weighted by molar-refractivity contribution is -0.162. The number of hydrogen-bond donors (Lipinski definition) is 1. The molecule has 1 heterocycles. The van der Waals surface area contributed by atoms with Crippen molar-refractivity contribution in [3.05, 3.63) is 65.9 Å². The second kappa shape index (κ2) is 8.55. The van der Waals surface area contributed by atoms with E-state index >= 15 is 0 Å². The van der Waals surface area contributed by atoms with Gasteiger partial charge in [-0.15, -0.1) is 0 Å². The van der Waals surface area contributed by atoms with Crippen molar-refractivity contribution in [2.75, 3.05) is 0 Å². The van der Waals surface area contributed by atoms with Crippen molar-refractivity contribution in [2.45, 2.75) is 58.3 Å². The quantitative estimate of drug-likeness (QED) is 0.545. The number of aromatic nitrogens is 2. The third-order valence-corrected chi connectivity index (χ3v) is 5.68. The highest BCUT2D eigenvalue weighted by Gasteiger charge is 2.28. The Hall–Kier alpha value is -3.12. The first-order valence-electron chi connectivity index (χ1n) is 10.6. The predicted octanol–water partition coefficient (Wildman–Crippen LogP) is 5.16. The van der Waals surface area contributed by atoms with E-state index in [9.17, 15) is 9.90 Å². The summed E-state index contributed by atoms with van der Waals surface area (Å²) >= 11 is 0. The lowest BCUT2D eigenvalue weighted by Gasteiger charge is -2.26. The molecule has 162 valence electrons. The highest BCUT2D eigenvalue weighted by molar-refractivity contribution is 5.76. The summed E-state index contributed by atoms with van der Waals surface area (Å²) in [5.74, 6) is -0.156. The first kappa shape index (κ1) is 21.1. The van der Waals surface area contributed by atoms with Crippen molar-refractivity contribution in [1.82, 2.24) is 9.78 Å². The van der Waals surface area contributed by atoms with Gasteiger partial charge in [0.25, 0.3) is 0 Å². The van der Waals surface area contributed by atoms with Gasteiger partial charge < -0.3 is 14.6 Å². The standard InChI is InChI=1S/C25H28N2O4/c1-17-8-4-5-13-22(17)27-23(15-19(26-27)16-30-25(2,3)24(28)29)18-9-6-12-21(14-18)31-20-10-7-11-20/h4-6,8-9,12-15,20H,7,10-11,16H2,1-3H3,(H,28,29). The number of carboxylic acid groups (broad SMARTS) is 1. The second-order valence-corrected chi connectivity index (χ2v) is 8.52. The van der Waals surface area contributed by atoms with Gasteiger partial charge in [-0.05, 0) is 69.9 Å². The van der Waals surface area contributed by atoms with Crippen LogP contribution in [-0.4, -0.2) is 32.6 Å². The highest BCUT2D eigenvalue weighted by Crippen LogP contribution is 2.31. The van der Waals surface area contributed by atoms with Crippen LogP contribution in [0.2, 0.25) is 0 Å². The van der Waals surface area contributed by atoms with Crippen LogP contribution >= 0.6 is 0 Å². The lowest BCUT2D eigenvalue weighted by atomic mass is 9.96. The van der Waals surface area contributed by atoms with E-state index < -0.39 is 11.6 Å². The van der Waals surface area contributed by atoms with Crippen LogP contribution in [-0.2, 0) is 16.1 Å². The molecule has 0 spiro atoms. The molecule has 1 aromatic heterocycles. The smallest absolute Gasteiger partial charge is 0.335 e. The Balaban J connectivity index is 1.70. The lowest BCUT2D eigenvalue weighted by Crippen LogP contribution is -2.34. The third kappa shape index (κ3) is 4.64. The monoisotopic (exact) mass is 420 g/mol. The third-order valence-electron chi connectivity index (χ3n) is 5.68. The number of hydrogen-bond acceptors (Lipinski definition) is 4. The van der Waals surface area contributed by atoms with Gasteiger partial charge in [0.2, 0.25) is 0 Å². The van der Waals surface area contributed by atoms with Gasteiger partial charge in [0.15, 0.2) is 5.60 Å². The van der Waals surface area contributed by atoms with E-state index in [1.165, 1.54) is 20.3 Å². The van der Waals surface area contributed by atoms with Crippen molar-refractivity contribution in [2.24, 2.45) is 0 Å². The minimum absolute atomic E-state index is 0.101. The van der Waals surface area contributed by atoms with E-state index in [-0.39, 0.29) is 6.61 Å². The summed E-state index contributed by atoms with van der Waals surface area (Å²) in [4.78, 5) is 11.4. The van der Waals surface area contributed by atoms with Gasteiger partial charge in [-0.1, -0.05) is 30.3 Å². The normalized spacial score (nSPS) is 14.3. The average Bonchev–Trinajstić information content (AvgIpc) is 3.14. The van der Waals surface area contributed by atoms with Crippen LogP contribution in [0, 0.1) is 6.92 Å². The Morgan fingerprint density at radius 1 is 1.16 bits per heavy atom. The van der Waals surface area contributed by atoms with Crippen LogP contribution in [0.5, 0.6) is 5.75 Å². The summed E-state index contributed by atoms with van der Waals surface area (Å²) in [5, 5.41) is 14.1. The molecule has 4 rings (SSSR count). The molecule has 0 amide bonds. The zero-order valence-electron chi connectivity index (χ0n) is 18.2. The number of benzene rings is 2. The van der Waals surface area contributed by atoms with Crippen LogP contribution in [0.4, 0.5) is 0 Å². The maximum Gasteiger partial charge on any atom is 0.335 e. The Morgan fingerprint density at radius 2 is 1.94 bits per heavy atom. The summed E-state index contributed by atoms with van der Waals surface area (Å²) in [6, 6.07) is 18.0. The number of nitrogens with zero attached hydrogens (tertiary/aromatic N) is 2. The van der Waals surface area contributed by atoms with Gasteiger partial charge in [-0.25, -0.2) is 9.48 Å². The summed E-state index contributed by atoms with van der Waals surface area (Å²) in [6.45, 7) is 5.22. The summed E-state index contributed by atoms with van der Waals surface area (Å²) in [7, 11) is 0. The average molecular weight is 421 g/mol. The fraction of sp³-hybridized carbons (Fsp3) is 0.360. The minimum Gasteiger partial charge on any atom is -0.490 e. The maximum atomic E-state index is 11.4. The Morgan fingerprint density at radius 3 is 2.61 bits per heavy atom. The van der Waals surface area contributed by atoms with Crippen molar-refractivity contribution < 1.29 is 19.4 Å². The molecule has 1 N–H and O–H groups in total. The molecule has 1 fully saturated rings. The molecule has 0 radical (unpaired) electrons. The fourth-order valence-corrected chi connectivity index (χ4v) is 3.42. The molecule has 0 saturated heterocycles. The Kier molecular flexibility index (Phi) is 5.83. The predicted molar refractivity (Wildman–Crippen MR) is 119 cm³/mol. The van der Waals surface area contributed by atoms with Crippen LogP contribution in [0.25, 0.3) is 16.9 Å². The molecule has 31 heavy (non-hydrogen) atoms. The number of ether oxygens (including phenoxy) is 2. The van der Waals surface area contributed by atoms with Crippen molar-refractivity contribution in [3.8, 4) is 22.7 Å². The summed E-state index contributed by atoms with van der Waals surface area (Å²) < 4.78 is 13.6. The van der Waals surface area contributed by atoms with E-state index in [1.807, 2.05) is 66.2 Å². The molecule has 2 aromatic carbocycles. The molecular formula is C25H28N2O4. The number of carboxylic acids is 1. The second-order valence-electron chi connectivity index (χ2n) is 8.52. The van der Waals surface area contributed by atoms with Gasteiger partial charge in [0, 0.05) is 5.56 Å². The molecule has 1 saturated carbocycles. The number of carbonyl (C=O) groups is 1. The van der Waals surface area contributed by atoms with Crippen LogP contribution in [0.3, 0.4) is 0 Å². The van der Waals surface area contributed by atoms with Crippen LogP contribution in [0.1, 0.15) is 44.4 Å². The minimum atomic E-state index is -1.29. The molecular weight excluding hydrogens is 392 g/mol. The summed E-state index contributed by atoms with van der Waals surface area (Å²) in [5.41, 5.74) is 3.32. The number of aliphatic carboxylic acids is 1. The number of para-hydroxylation sites is 1. The fourth-order valence-electron chi connectivity index (χ4n) is 3.42. The number of aryl methyl sites for hydroxylation is 1. The van der Waals surface area contributed by atoms with Crippen molar-refractivity contribution >= 4 is 5.97 Å².